The summed E-state index contributed by atoms with van der Waals surface area (Å²) in [7, 11) is 1.66. The summed E-state index contributed by atoms with van der Waals surface area (Å²) in [5.41, 5.74) is 7.28. The fraction of sp³-hybridized carbons (Fsp3) is 0.562. The first-order valence-electron chi connectivity index (χ1n) is 7.56. The van der Waals surface area contributed by atoms with Crippen LogP contribution in [0.1, 0.15) is 37.8 Å². The van der Waals surface area contributed by atoms with Gasteiger partial charge in [-0.05, 0) is 43.5 Å². The highest BCUT2D eigenvalue weighted by Crippen LogP contribution is 2.32. The van der Waals surface area contributed by atoms with E-state index in [2.05, 4.69) is 10.2 Å². The highest BCUT2D eigenvalue weighted by molar-refractivity contribution is 5.81. The van der Waals surface area contributed by atoms with Gasteiger partial charge in [-0.1, -0.05) is 19.1 Å². The van der Waals surface area contributed by atoms with Crippen molar-refractivity contribution in [3.63, 3.8) is 0 Å². The Hall–Kier alpha value is -1.46. The fourth-order valence-corrected chi connectivity index (χ4v) is 3.14. The third-order valence-electron chi connectivity index (χ3n) is 4.29. The lowest BCUT2D eigenvalue weighted by Gasteiger charge is -2.36. The zero-order valence-electron chi connectivity index (χ0n) is 12.7. The summed E-state index contributed by atoms with van der Waals surface area (Å²) in [5, 5.41) is 2.73. The standard InChI is InChI=1S/C16H24FN3O/c1-3-13(18)15(11-6-8-12(17)9-7-11)20-10-4-5-14(20)16(21)19-2/h6-9,13-15H,3-5,10,18H2,1-2H3,(H,19,21). The van der Waals surface area contributed by atoms with Crippen LogP contribution < -0.4 is 11.1 Å². The molecule has 0 saturated carbocycles. The van der Waals surface area contributed by atoms with Crippen molar-refractivity contribution in [3.05, 3.63) is 35.6 Å². The fourth-order valence-electron chi connectivity index (χ4n) is 3.14. The first-order valence-corrected chi connectivity index (χ1v) is 7.56. The molecule has 3 atom stereocenters. The second-order valence-electron chi connectivity index (χ2n) is 5.58. The lowest BCUT2D eigenvalue weighted by Crippen LogP contribution is -2.48. The number of carbonyl (C=O) groups excluding carboxylic acids is 1. The maximum atomic E-state index is 13.2. The number of halogens is 1. The van der Waals surface area contributed by atoms with Crippen molar-refractivity contribution in [2.45, 2.75) is 44.3 Å². The van der Waals surface area contributed by atoms with Crippen LogP contribution in [0.4, 0.5) is 4.39 Å². The Bertz CT molecular complexity index is 477. The lowest BCUT2D eigenvalue weighted by molar-refractivity contribution is -0.125. The molecule has 116 valence electrons. The van der Waals surface area contributed by atoms with Gasteiger partial charge in [0, 0.05) is 13.1 Å². The molecule has 5 heteroatoms. The monoisotopic (exact) mass is 293 g/mol. The van der Waals surface area contributed by atoms with Gasteiger partial charge in [0.2, 0.25) is 5.91 Å². The van der Waals surface area contributed by atoms with E-state index in [1.54, 1.807) is 19.2 Å². The Morgan fingerprint density at radius 2 is 2.14 bits per heavy atom. The summed E-state index contributed by atoms with van der Waals surface area (Å²) in [5.74, 6) is -0.227. The molecule has 1 amide bonds. The molecule has 2 rings (SSSR count). The molecule has 1 aliphatic rings. The van der Waals surface area contributed by atoms with E-state index < -0.39 is 0 Å². The number of nitrogens with one attached hydrogen (secondary N) is 1. The molecule has 1 saturated heterocycles. The lowest BCUT2D eigenvalue weighted by atomic mass is 9.95. The normalized spacial score (nSPS) is 22.0. The van der Waals surface area contributed by atoms with Crippen molar-refractivity contribution in [1.29, 1.82) is 0 Å². The maximum absolute atomic E-state index is 13.2. The highest BCUT2D eigenvalue weighted by atomic mass is 19.1. The van der Waals surface area contributed by atoms with Crippen LogP contribution >= 0.6 is 0 Å². The largest absolute Gasteiger partial charge is 0.358 e. The molecule has 1 aromatic carbocycles. The number of nitrogens with two attached hydrogens (primary N) is 1. The number of amides is 1. The predicted molar refractivity (Wildman–Crippen MR) is 81.2 cm³/mol. The average molecular weight is 293 g/mol. The van der Waals surface area contributed by atoms with Crippen molar-refractivity contribution in [1.82, 2.24) is 10.2 Å². The van der Waals surface area contributed by atoms with Crippen molar-refractivity contribution in [2.24, 2.45) is 5.73 Å². The minimum Gasteiger partial charge on any atom is -0.358 e. The van der Waals surface area contributed by atoms with Gasteiger partial charge in [0.25, 0.3) is 0 Å². The van der Waals surface area contributed by atoms with Crippen LogP contribution in [0.25, 0.3) is 0 Å². The molecule has 0 radical (unpaired) electrons. The Morgan fingerprint density at radius 1 is 1.48 bits per heavy atom. The van der Waals surface area contributed by atoms with Crippen molar-refractivity contribution in [3.8, 4) is 0 Å². The van der Waals surface area contributed by atoms with Crippen LogP contribution in [0.5, 0.6) is 0 Å². The van der Waals surface area contributed by atoms with Gasteiger partial charge in [-0.3, -0.25) is 9.69 Å². The zero-order chi connectivity index (χ0) is 15.4. The molecule has 0 aromatic heterocycles. The first kappa shape index (κ1) is 15.9. The van der Waals surface area contributed by atoms with Gasteiger partial charge in [0.05, 0.1) is 12.1 Å². The smallest absolute Gasteiger partial charge is 0.237 e. The van der Waals surface area contributed by atoms with Crippen LogP contribution in [-0.2, 0) is 4.79 Å². The number of carbonyl (C=O) groups is 1. The SMILES string of the molecule is CCC(N)C(c1ccc(F)cc1)N1CCCC1C(=O)NC. The van der Waals surface area contributed by atoms with E-state index in [0.717, 1.165) is 31.4 Å². The average Bonchev–Trinajstić information content (AvgIpc) is 2.97. The molecule has 0 bridgehead atoms. The number of likely N-dealkylation sites (N-methyl/N-ethyl adjacent to an activating group) is 1. The van der Waals surface area contributed by atoms with E-state index in [-0.39, 0.29) is 29.8 Å². The van der Waals surface area contributed by atoms with Gasteiger partial charge in [-0.2, -0.15) is 0 Å². The summed E-state index contributed by atoms with van der Waals surface area (Å²) >= 11 is 0. The van der Waals surface area contributed by atoms with Gasteiger partial charge < -0.3 is 11.1 Å². The van der Waals surface area contributed by atoms with E-state index in [4.69, 9.17) is 5.73 Å². The number of nitrogens with zero attached hydrogens (tertiary/aromatic N) is 1. The number of hydrogen-bond donors (Lipinski definition) is 2. The summed E-state index contributed by atoms with van der Waals surface area (Å²) < 4.78 is 13.2. The van der Waals surface area contributed by atoms with Crippen molar-refractivity contribution >= 4 is 5.91 Å². The molecular formula is C16H24FN3O. The summed E-state index contributed by atoms with van der Waals surface area (Å²) in [6.45, 7) is 2.87. The van der Waals surface area contributed by atoms with E-state index in [1.165, 1.54) is 12.1 Å². The van der Waals surface area contributed by atoms with E-state index in [0.29, 0.717) is 0 Å². The van der Waals surface area contributed by atoms with E-state index in [1.807, 2.05) is 6.92 Å². The van der Waals surface area contributed by atoms with Gasteiger partial charge in [-0.25, -0.2) is 4.39 Å². The van der Waals surface area contributed by atoms with Crippen molar-refractivity contribution < 1.29 is 9.18 Å². The van der Waals surface area contributed by atoms with Crippen LogP contribution in [0, 0.1) is 5.82 Å². The third-order valence-corrected chi connectivity index (χ3v) is 4.29. The van der Waals surface area contributed by atoms with E-state index >= 15 is 0 Å². The number of likely N-dealkylation sites (tertiary alicyclic amines) is 1. The molecule has 3 N–H and O–H groups in total. The van der Waals surface area contributed by atoms with Gasteiger partial charge in [0.1, 0.15) is 5.82 Å². The summed E-state index contributed by atoms with van der Waals surface area (Å²) in [6.07, 6.45) is 2.62. The predicted octanol–water partition coefficient (Wildman–Crippen LogP) is 1.81. The van der Waals surface area contributed by atoms with Crippen molar-refractivity contribution in [2.75, 3.05) is 13.6 Å². The number of benzene rings is 1. The summed E-state index contributed by atoms with van der Waals surface area (Å²) in [6, 6.07) is 6.17. The molecule has 4 nitrogen and oxygen atoms in total. The van der Waals surface area contributed by atoms with E-state index in [9.17, 15) is 9.18 Å². The van der Waals surface area contributed by atoms with Crippen LogP contribution in [0.2, 0.25) is 0 Å². The Kier molecular flexibility index (Phi) is 5.31. The molecule has 0 aliphatic carbocycles. The molecule has 3 unspecified atom stereocenters. The number of hydrogen-bond acceptors (Lipinski definition) is 3. The Labute approximate surface area is 125 Å². The minimum absolute atomic E-state index is 0.0305. The Morgan fingerprint density at radius 3 is 2.71 bits per heavy atom. The molecule has 0 spiro atoms. The first-order chi connectivity index (χ1) is 10.1. The second-order valence-corrected chi connectivity index (χ2v) is 5.58. The summed E-state index contributed by atoms with van der Waals surface area (Å²) in [4.78, 5) is 14.2. The van der Waals surface area contributed by atoms with Gasteiger partial charge in [-0.15, -0.1) is 0 Å². The molecule has 1 fully saturated rings. The Balaban J connectivity index is 2.31. The molecule has 1 aliphatic heterocycles. The number of rotatable bonds is 5. The molecule has 21 heavy (non-hydrogen) atoms. The maximum Gasteiger partial charge on any atom is 0.237 e. The minimum atomic E-state index is -0.258. The molecule has 1 heterocycles. The zero-order valence-corrected chi connectivity index (χ0v) is 12.7. The quantitative estimate of drug-likeness (QED) is 0.870. The molecular weight excluding hydrogens is 269 g/mol. The van der Waals surface area contributed by atoms with Gasteiger partial charge >= 0.3 is 0 Å². The van der Waals surface area contributed by atoms with Gasteiger partial charge in [0.15, 0.2) is 0 Å². The topological polar surface area (TPSA) is 58.4 Å². The van der Waals surface area contributed by atoms with Crippen LogP contribution in [0.3, 0.4) is 0 Å². The highest BCUT2D eigenvalue weighted by Gasteiger charge is 2.37. The van der Waals surface area contributed by atoms with Crippen LogP contribution in [0.15, 0.2) is 24.3 Å². The second kappa shape index (κ2) is 7.00. The molecule has 1 aromatic rings. The van der Waals surface area contributed by atoms with Crippen LogP contribution in [-0.4, -0.2) is 36.5 Å². The third kappa shape index (κ3) is 3.41.